The molecule has 0 radical (unpaired) electrons. The second kappa shape index (κ2) is 10.4. The molecule has 0 aliphatic carbocycles. The molecule has 0 saturated carbocycles. The fourth-order valence-electron chi connectivity index (χ4n) is 3.63. The van der Waals surface area contributed by atoms with Crippen LogP contribution in [0.3, 0.4) is 0 Å². The lowest BCUT2D eigenvalue weighted by atomic mass is 9.78. The molecule has 1 amide bonds. The Hall–Kier alpha value is -2.44. The van der Waals surface area contributed by atoms with Gasteiger partial charge in [0.2, 0.25) is 5.91 Å². The number of hydrogen-bond acceptors (Lipinski definition) is 5. The minimum absolute atomic E-state index is 0.0253. The summed E-state index contributed by atoms with van der Waals surface area (Å²) >= 11 is 1.68. The third-order valence-electron chi connectivity index (χ3n) is 5.39. The summed E-state index contributed by atoms with van der Waals surface area (Å²) in [5, 5.41) is 3.36. The number of nitrogens with two attached hydrogens (primary N) is 1. The van der Waals surface area contributed by atoms with Gasteiger partial charge in [0.1, 0.15) is 6.04 Å². The number of thioether (sulfide) groups is 1. The molecule has 2 heterocycles. The zero-order chi connectivity index (χ0) is 20.5. The fraction of sp³-hybridized carbons (Fsp3) is 0.348. The second-order valence-electron chi connectivity index (χ2n) is 7.39. The molecule has 1 aliphatic rings. The maximum atomic E-state index is 12.0. The third-order valence-corrected chi connectivity index (χ3v) is 6.13. The van der Waals surface area contributed by atoms with E-state index in [0.29, 0.717) is 6.54 Å². The summed E-state index contributed by atoms with van der Waals surface area (Å²) in [4.78, 5) is 21.9. The number of amides is 1. The van der Waals surface area contributed by atoms with Crippen LogP contribution in [0.2, 0.25) is 0 Å². The van der Waals surface area contributed by atoms with E-state index in [2.05, 4.69) is 27.4 Å². The predicted octanol–water partition coefficient (Wildman–Crippen LogP) is 3.57. The van der Waals surface area contributed by atoms with Crippen molar-refractivity contribution in [3.05, 3.63) is 72.1 Å². The van der Waals surface area contributed by atoms with E-state index in [0.717, 1.165) is 36.3 Å². The van der Waals surface area contributed by atoms with E-state index in [1.807, 2.05) is 55.1 Å². The van der Waals surface area contributed by atoms with Crippen LogP contribution in [0.15, 0.2) is 70.8 Å². The monoisotopic (exact) mass is 408 g/mol. The Morgan fingerprint density at radius 3 is 2.72 bits per heavy atom. The first-order valence-electron chi connectivity index (χ1n) is 9.85. The molecule has 3 N–H and O–H groups in total. The molecular weight excluding hydrogens is 380 g/mol. The lowest BCUT2D eigenvalue weighted by Crippen LogP contribution is -2.37. The van der Waals surface area contributed by atoms with Crippen molar-refractivity contribution in [2.24, 2.45) is 16.1 Å². The Balaban J connectivity index is 1.62. The molecule has 0 bridgehead atoms. The minimum Gasteiger partial charge on any atom is -0.368 e. The van der Waals surface area contributed by atoms with Crippen molar-refractivity contribution < 1.29 is 4.79 Å². The summed E-state index contributed by atoms with van der Waals surface area (Å²) in [6, 6.07) is 11.6. The van der Waals surface area contributed by atoms with Crippen LogP contribution < -0.4 is 11.1 Å². The van der Waals surface area contributed by atoms with E-state index >= 15 is 0 Å². The van der Waals surface area contributed by atoms with Crippen molar-refractivity contribution in [2.45, 2.75) is 30.2 Å². The van der Waals surface area contributed by atoms with Crippen molar-refractivity contribution >= 4 is 23.9 Å². The van der Waals surface area contributed by atoms with Crippen LogP contribution in [0.25, 0.3) is 0 Å². The molecule has 1 aromatic carbocycles. The number of allylic oxidation sites excluding steroid dienone is 1. The van der Waals surface area contributed by atoms with Crippen molar-refractivity contribution in [3.63, 3.8) is 0 Å². The number of primary amides is 1. The second-order valence-corrected chi connectivity index (χ2v) is 8.26. The zero-order valence-electron chi connectivity index (χ0n) is 16.8. The molecule has 3 rings (SSSR count). The number of benzene rings is 1. The van der Waals surface area contributed by atoms with Gasteiger partial charge >= 0.3 is 0 Å². The molecule has 6 heteroatoms. The molecule has 2 unspecified atom stereocenters. The highest BCUT2D eigenvalue weighted by Gasteiger charge is 2.28. The summed E-state index contributed by atoms with van der Waals surface area (Å²) in [6.07, 6.45) is 14.7. The minimum atomic E-state index is -0.489. The quantitative estimate of drug-likeness (QED) is 0.589. The predicted molar refractivity (Wildman–Crippen MR) is 120 cm³/mol. The van der Waals surface area contributed by atoms with Crippen LogP contribution >= 0.6 is 11.8 Å². The zero-order valence-corrected chi connectivity index (χ0v) is 17.6. The Morgan fingerprint density at radius 1 is 1.28 bits per heavy atom. The molecule has 1 aliphatic heterocycles. The summed E-state index contributed by atoms with van der Waals surface area (Å²) in [5.41, 5.74) is 7.78. The van der Waals surface area contributed by atoms with Crippen LogP contribution in [0, 0.1) is 5.41 Å². The van der Waals surface area contributed by atoms with Crippen LogP contribution in [0.5, 0.6) is 0 Å². The number of nitrogens with zero attached hydrogens (tertiary/aromatic N) is 2. The number of aliphatic imine (C=N–C) groups is 1. The lowest BCUT2D eigenvalue weighted by Gasteiger charge is -2.31. The van der Waals surface area contributed by atoms with Gasteiger partial charge in [0, 0.05) is 35.5 Å². The van der Waals surface area contributed by atoms with Gasteiger partial charge < -0.3 is 11.1 Å². The van der Waals surface area contributed by atoms with Gasteiger partial charge in [0.25, 0.3) is 0 Å². The first-order chi connectivity index (χ1) is 14.1. The van der Waals surface area contributed by atoms with E-state index in [1.54, 1.807) is 18.0 Å². The molecule has 0 spiro atoms. The molecule has 5 nitrogen and oxygen atoms in total. The Morgan fingerprint density at radius 2 is 2.10 bits per heavy atom. The van der Waals surface area contributed by atoms with Crippen LogP contribution in [0.1, 0.15) is 30.0 Å². The molecule has 2 aromatic rings. The molecule has 152 valence electrons. The van der Waals surface area contributed by atoms with Crippen molar-refractivity contribution in [1.29, 1.82) is 0 Å². The standard InChI is InChI=1S/C23H28N4OS/c1-29-20-7-5-19(6-8-20)21(22(24)28)27-15-12-23(10-3-14-26-17-23)11-9-18-4-2-13-25-16-18/h2-8,10,13-14,16,21,27H,9,11-12,15,17H2,1H3,(H2,24,28). The fourth-order valence-corrected chi connectivity index (χ4v) is 4.04. The molecule has 0 saturated heterocycles. The van der Waals surface area contributed by atoms with Gasteiger partial charge in [-0.2, -0.15) is 0 Å². The molecule has 2 atom stereocenters. The number of carbonyl (C=O) groups is 1. The SMILES string of the molecule is CSc1ccc(C(NCCC2(CCc3cccnc3)C=CC=NC2)C(N)=O)cc1. The number of rotatable bonds is 10. The van der Waals surface area contributed by atoms with Crippen molar-refractivity contribution in [1.82, 2.24) is 10.3 Å². The van der Waals surface area contributed by atoms with Crippen molar-refractivity contribution in [2.75, 3.05) is 19.3 Å². The van der Waals surface area contributed by atoms with Gasteiger partial charge in [-0.25, -0.2) is 0 Å². The Kier molecular flexibility index (Phi) is 7.61. The van der Waals surface area contributed by atoms with E-state index in [4.69, 9.17) is 5.73 Å². The van der Waals surface area contributed by atoms with E-state index < -0.39 is 6.04 Å². The topological polar surface area (TPSA) is 80.4 Å². The van der Waals surface area contributed by atoms with E-state index in [9.17, 15) is 4.79 Å². The average Bonchev–Trinajstić information content (AvgIpc) is 2.77. The molecule has 1 aromatic heterocycles. The number of hydrogen-bond donors (Lipinski definition) is 2. The summed E-state index contributed by atoms with van der Waals surface area (Å²) in [5.74, 6) is -0.358. The van der Waals surface area contributed by atoms with Crippen molar-refractivity contribution in [3.8, 4) is 0 Å². The normalized spacial score (nSPS) is 19.2. The van der Waals surface area contributed by atoms with E-state index in [1.165, 1.54) is 5.56 Å². The smallest absolute Gasteiger partial charge is 0.239 e. The summed E-state index contributed by atoms with van der Waals surface area (Å²) in [6.45, 7) is 1.44. The van der Waals surface area contributed by atoms with Gasteiger partial charge in [-0.1, -0.05) is 24.3 Å². The molecule has 0 fully saturated rings. The maximum Gasteiger partial charge on any atom is 0.239 e. The van der Waals surface area contributed by atoms with Gasteiger partial charge in [0.05, 0.1) is 0 Å². The number of pyridine rings is 1. The largest absolute Gasteiger partial charge is 0.368 e. The number of dihydropyridines is 1. The summed E-state index contributed by atoms with van der Waals surface area (Å²) in [7, 11) is 0. The van der Waals surface area contributed by atoms with E-state index in [-0.39, 0.29) is 11.3 Å². The molecule has 29 heavy (non-hydrogen) atoms. The van der Waals surface area contributed by atoms with Gasteiger partial charge in [-0.3, -0.25) is 14.8 Å². The number of carbonyl (C=O) groups excluding carboxylic acids is 1. The van der Waals surface area contributed by atoms with Crippen LogP contribution in [0.4, 0.5) is 0 Å². The number of nitrogens with one attached hydrogen (secondary N) is 1. The number of aryl methyl sites for hydroxylation is 1. The lowest BCUT2D eigenvalue weighted by molar-refractivity contribution is -0.120. The van der Waals surface area contributed by atoms with Gasteiger partial charge in [-0.15, -0.1) is 11.8 Å². The van der Waals surface area contributed by atoms with Crippen LogP contribution in [-0.4, -0.2) is 36.5 Å². The maximum absolute atomic E-state index is 12.0. The first kappa shape index (κ1) is 21.3. The highest BCUT2D eigenvalue weighted by molar-refractivity contribution is 7.98. The van der Waals surface area contributed by atoms with Gasteiger partial charge in [-0.05, 0) is 67.5 Å². The first-order valence-corrected chi connectivity index (χ1v) is 11.1. The van der Waals surface area contributed by atoms with Crippen LogP contribution in [-0.2, 0) is 11.2 Å². The molecular formula is C23H28N4OS. The summed E-state index contributed by atoms with van der Waals surface area (Å²) < 4.78 is 0. The Labute approximate surface area is 176 Å². The Bertz CT molecular complexity index is 851. The highest BCUT2D eigenvalue weighted by Crippen LogP contribution is 2.32. The van der Waals surface area contributed by atoms with Gasteiger partial charge in [0.15, 0.2) is 0 Å². The third kappa shape index (κ3) is 6.02. The average molecular weight is 409 g/mol. The number of aromatic nitrogens is 1. The highest BCUT2D eigenvalue weighted by atomic mass is 32.2.